The van der Waals surface area contributed by atoms with Crippen LogP contribution in [0.1, 0.15) is 10.4 Å². The second-order valence-corrected chi connectivity index (χ2v) is 6.18. The van der Waals surface area contributed by atoms with Gasteiger partial charge in [0.1, 0.15) is 17.9 Å². The van der Waals surface area contributed by atoms with E-state index in [2.05, 4.69) is 5.32 Å². The van der Waals surface area contributed by atoms with E-state index in [4.69, 9.17) is 16.3 Å². The van der Waals surface area contributed by atoms with Gasteiger partial charge in [-0.05, 0) is 36.4 Å². The Kier molecular flexibility index (Phi) is 5.14. The molecule has 0 spiro atoms. The first-order valence-electron chi connectivity index (χ1n) is 7.89. The average Bonchev–Trinajstić information content (AvgIpc) is 2.63. The minimum Gasteiger partial charge on any atom is -0.497 e. The summed E-state index contributed by atoms with van der Waals surface area (Å²) in [5.41, 5.74) is -0.126. The van der Waals surface area contributed by atoms with E-state index in [9.17, 15) is 19.5 Å². The summed E-state index contributed by atoms with van der Waals surface area (Å²) in [6, 6.07) is 11.3. The van der Waals surface area contributed by atoms with E-state index in [1.807, 2.05) is 0 Å². The van der Waals surface area contributed by atoms with Gasteiger partial charge in [0.25, 0.3) is 0 Å². The number of anilines is 1. The fraction of sp³-hybridized carbons (Fsp3) is 0.105. The molecule has 3 aromatic rings. The van der Waals surface area contributed by atoms with Crippen molar-refractivity contribution in [2.45, 2.75) is 6.54 Å². The van der Waals surface area contributed by atoms with E-state index in [1.54, 1.807) is 36.4 Å². The molecule has 0 saturated heterocycles. The van der Waals surface area contributed by atoms with Crippen LogP contribution in [0.2, 0.25) is 5.02 Å². The van der Waals surface area contributed by atoms with Crippen LogP contribution in [-0.2, 0) is 11.3 Å². The monoisotopic (exact) mass is 386 g/mol. The Morgan fingerprint density at radius 1 is 1.22 bits per heavy atom. The minimum absolute atomic E-state index is 0.157. The van der Waals surface area contributed by atoms with Crippen LogP contribution in [0.4, 0.5) is 5.69 Å². The van der Waals surface area contributed by atoms with Crippen molar-refractivity contribution in [1.29, 1.82) is 0 Å². The summed E-state index contributed by atoms with van der Waals surface area (Å²) in [6.07, 6.45) is 1.16. The Balaban J connectivity index is 2.02. The molecule has 0 aliphatic rings. The summed E-state index contributed by atoms with van der Waals surface area (Å²) in [5, 5.41) is 12.6. The molecule has 138 valence electrons. The smallest absolute Gasteiger partial charge is 0.341 e. The number of nitrogens with one attached hydrogen (secondary N) is 1. The summed E-state index contributed by atoms with van der Waals surface area (Å²) in [7, 11) is 1.44. The van der Waals surface area contributed by atoms with Crippen molar-refractivity contribution in [2.24, 2.45) is 0 Å². The van der Waals surface area contributed by atoms with Crippen LogP contribution in [0.25, 0.3) is 10.9 Å². The molecule has 0 saturated carbocycles. The lowest BCUT2D eigenvalue weighted by Crippen LogP contribution is -2.23. The number of rotatable bonds is 5. The number of carbonyl (C=O) groups excluding carboxylic acids is 1. The molecule has 1 aromatic heterocycles. The summed E-state index contributed by atoms with van der Waals surface area (Å²) in [6.45, 7) is -0.185. The molecule has 0 atom stereocenters. The molecule has 27 heavy (non-hydrogen) atoms. The molecule has 1 amide bonds. The number of hydrogen-bond donors (Lipinski definition) is 2. The molecule has 7 nitrogen and oxygen atoms in total. The summed E-state index contributed by atoms with van der Waals surface area (Å²) in [4.78, 5) is 36.3. The second kappa shape index (κ2) is 7.51. The van der Waals surface area contributed by atoms with Gasteiger partial charge in [-0.1, -0.05) is 17.7 Å². The van der Waals surface area contributed by atoms with Gasteiger partial charge in [-0.2, -0.15) is 0 Å². The largest absolute Gasteiger partial charge is 0.497 e. The van der Waals surface area contributed by atoms with Gasteiger partial charge in [0.15, 0.2) is 0 Å². The van der Waals surface area contributed by atoms with Crippen molar-refractivity contribution in [3.63, 3.8) is 0 Å². The Labute approximate surface area is 158 Å². The van der Waals surface area contributed by atoms with Gasteiger partial charge >= 0.3 is 5.97 Å². The van der Waals surface area contributed by atoms with Gasteiger partial charge in [-0.15, -0.1) is 0 Å². The van der Waals surface area contributed by atoms with Crippen LogP contribution in [-0.4, -0.2) is 28.7 Å². The maximum Gasteiger partial charge on any atom is 0.341 e. The zero-order valence-electron chi connectivity index (χ0n) is 14.2. The number of nitrogens with zero attached hydrogens (tertiary/aromatic N) is 1. The number of hydrogen-bond acceptors (Lipinski definition) is 4. The predicted molar refractivity (Wildman–Crippen MR) is 102 cm³/mol. The normalized spacial score (nSPS) is 10.6. The number of methoxy groups -OCH3 is 1. The molecule has 0 aliphatic carbocycles. The van der Waals surface area contributed by atoms with Crippen molar-refractivity contribution in [3.8, 4) is 5.75 Å². The van der Waals surface area contributed by atoms with Gasteiger partial charge in [0, 0.05) is 16.9 Å². The van der Waals surface area contributed by atoms with Crippen LogP contribution in [0.5, 0.6) is 5.75 Å². The van der Waals surface area contributed by atoms with Crippen molar-refractivity contribution in [2.75, 3.05) is 12.4 Å². The maximum absolute atomic E-state index is 12.4. The van der Waals surface area contributed by atoms with Gasteiger partial charge in [-0.3, -0.25) is 9.59 Å². The molecular formula is C19H15ClN2O5. The van der Waals surface area contributed by atoms with Gasteiger partial charge in [-0.25, -0.2) is 4.79 Å². The minimum atomic E-state index is -1.37. The van der Waals surface area contributed by atoms with E-state index in [0.717, 1.165) is 6.20 Å². The SMILES string of the molecule is COc1ccc2c(c1)c(=O)c(C(=O)O)cn2CC(=O)Nc1cccc(Cl)c1. The van der Waals surface area contributed by atoms with Gasteiger partial charge < -0.3 is 19.7 Å². The van der Waals surface area contributed by atoms with Crippen LogP contribution >= 0.6 is 11.6 Å². The molecule has 1 heterocycles. The lowest BCUT2D eigenvalue weighted by molar-refractivity contribution is -0.116. The van der Waals surface area contributed by atoms with Crippen molar-refractivity contribution < 1.29 is 19.4 Å². The second-order valence-electron chi connectivity index (χ2n) is 5.75. The number of amides is 1. The quantitative estimate of drug-likeness (QED) is 0.702. The van der Waals surface area contributed by atoms with Crippen LogP contribution in [0.15, 0.2) is 53.5 Å². The standard InChI is InChI=1S/C19H15ClN2O5/c1-27-13-5-6-16-14(8-13)18(24)15(19(25)26)9-22(16)10-17(23)21-12-4-2-3-11(20)7-12/h2-9H,10H2,1H3,(H,21,23)(H,25,26). The molecule has 0 unspecified atom stereocenters. The van der Waals surface area contributed by atoms with Gasteiger partial charge in [0.2, 0.25) is 11.3 Å². The highest BCUT2D eigenvalue weighted by Crippen LogP contribution is 2.20. The number of aromatic carboxylic acids is 1. The highest BCUT2D eigenvalue weighted by Gasteiger charge is 2.16. The zero-order valence-corrected chi connectivity index (χ0v) is 15.0. The average molecular weight is 387 g/mol. The zero-order chi connectivity index (χ0) is 19.6. The number of halogens is 1. The van der Waals surface area contributed by atoms with Crippen LogP contribution < -0.4 is 15.5 Å². The fourth-order valence-electron chi connectivity index (χ4n) is 2.71. The Morgan fingerprint density at radius 3 is 2.67 bits per heavy atom. The highest BCUT2D eigenvalue weighted by atomic mass is 35.5. The van der Waals surface area contributed by atoms with E-state index in [1.165, 1.54) is 17.7 Å². The first-order valence-corrected chi connectivity index (χ1v) is 8.26. The predicted octanol–water partition coefficient (Wildman–Crippen LogP) is 3.00. The van der Waals surface area contributed by atoms with Gasteiger partial charge in [0.05, 0.1) is 18.0 Å². The molecule has 2 aromatic carbocycles. The van der Waals surface area contributed by atoms with Crippen molar-refractivity contribution in [3.05, 3.63) is 69.5 Å². The lowest BCUT2D eigenvalue weighted by Gasteiger charge is -2.13. The topological polar surface area (TPSA) is 97.6 Å². The Morgan fingerprint density at radius 2 is 2.00 bits per heavy atom. The van der Waals surface area contributed by atoms with E-state index in [-0.39, 0.29) is 11.9 Å². The maximum atomic E-state index is 12.4. The highest BCUT2D eigenvalue weighted by molar-refractivity contribution is 6.30. The molecule has 0 aliphatic heterocycles. The van der Waals surface area contributed by atoms with E-state index >= 15 is 0 Å². The first-order chi connectivity index (χ1) is 12.9. The number of aromatic nitrogens is 1. The van der Waals surface area contributed by atoms with Crippen molar-refractivity contribution in [1.82, 2.24) is 4.57 Å². The number of fused-ring (bicyclic) bond motifs is 1. The number of pyridine rings is 1. The number of carboxylic acid groups (broad SMARTS) is 1. The molecule has 3 rings (SSSR count). The molecule has 2 N–H and O–H groups in total. The van der Waals surface area contributed by atoms with Crippen LogP contribution in [0.3, 0.4) is 0 Å². The summed E-state index contributed by atoms with van der Waals surface area (Å²) < 4.78 is 6.52. The summed E-state index contributed by atoms with van der Waals surface area (Å²) >= 11 is 5.90. The third-order valence-corrected chi connectivity index (χ3v) is 4.18. The number of benzene rings is 2. The van der Waals surface area contributed by atoms with E-state index in [0.29, 0.717) is 22.0 Å². The van der Waals surface area contributed by atoms with Crippen LogP contribution in [0, 0.1) is 0 Å². The number of carboxylic acids is 1. The first kappa shape index (κ1) is 18.5. The lowest BCUT2D eigenvalue weighted by atomic mass is 10.1. The fourth-order valence-corrected chi connectivity index (χ4v) is 2.90. The number of carbonyl (C=O) groups is 2. The molecular weight excluding hydrogens is 372 g/mol. The Bertz CT molecular complexity index is 1110. The third-order valence-electron chi connectivity index (χ3n) is 3.94. The Hall–Kier alpha value is -3.32. The van der Waals surface area contributed by atoms with Crippen molar-refractivity contribution >= 4 is 40.1 Å². The third kappa shape index (κ3) is 3.93. The van der Waals surface area contributed by atoms with E-state index < -0.39 is 22.9 Å². The molecule has 8 heteroatoms. The number of ether oxygens (including phenoxy) is 1. The molecule has 0 radical (unpaired) electrons. The molecule has 0 fully saturated rings. The molecule has 0 bridgehead atoms. The summed E-state index contributed by atoms with van der Waals surface area (Å²) in [5.74, 6) is -1.35.